The second-order valence-corrected chi connectivity index (χ2v) is 7.36. The molecule has 0 unspecified atom stereocenters. The molecule has 1 N–H and O–H groups in total. The van der Waals surface area contributed by atoms with Crippen molar-refractivity contribution in [2.24, 2.45) is 0 Å². The number of nitrogens with zero attached hydrogens (tertiary/aromatic N) is 5. The number of rotatable bonds is 5. The minimum absolute atomic E-state index is 0.0951. The molecule has 3 aromatic rings. The summed E-state index contributed by atoms with van der Waals surface area (Å²) in [4.78, 5) is 15.2. The van der Waals surface area contributed by atoms with Gasteiger partial charge in [0.05, 0.1) is 11.3 Å². The molecule has 4 rings (SSSR count). The van der Waals surface area contributed by atoms with Gasteiger partial charge in [-0.25, -0.2) is 0 Å². The van der Waals surface area contributed by atoms with Crippen LogP contribution >= 0.6 is 11.6 Å². The van der Waals surface area contributed by atoms with Crippen LogP contribution in [-0.2, 0) is 6.54 Å². The van der Waals surface area contributed by atoms with E-state index in [1.54, 1.807) is 6.07 Å². The number of tetrazole rings is 1. The Bertz CT molecular complexity index is 920. The third kappa shape index (κ3) is 4.37. The normalized spacial score (nSPS) is 15.5. The predicted octanol–water partition coefficient (Wildman–Crippen LogP) is 2.71. The number of hydrogen-bond acceptors (Lipinski definition) is 5. The highest BCUT2D eigenvalue weighted by atomic mass is 35.5. The Morgan fingerprint density at radius 3 is 2.57 bits per heavy atom. The molecule has 2 aromatic carbocycles. The van der Waals surface area contributed by atoms with Crippen LogP contribution in [0.25, 0.3) is 5.69 Å². The molecular formula is C20H21ClN6O. The molecule has 0 aliphatic carbocycles. The first-order valence-corrected chi connectivity index (χ1v) is 9.67. The molecule has 1 saturated heterocycles. The topological polar surface area (TPSA) is 75.9 Å². The predicted molar refractivity (Wildman–Crippen MR) is 106 cm³/mol. The van der Waals surface area contributed by atoms with Crippen molar-refractivity contribution in [2.75, 3.05) is 13.1 Å². The van der Waals surface area contributed by atoms with Gasteiger partial charge < -0.3 is 5.32 Å². The Labute approximate surface area is 168 Å². The van der Waals surface area contributed by atoms with E-state index in [4.69, 9.17) is 11.6 Å². The third-order valence-electron chi connectivity index (χ3n) is 4.99. The summed E-state index contributed by atoms with van der Waals surface area (Å²) >= 11 is 5.95. The first-order chi connectivity index (χ1) is 13.7. The van der Waals surface area contributed by atoms with E-state index >= 15 is 0 Å². The molecule has 0 radical (unpaired) electrons. The molecule has 0 saturated carbocycles. The van der Waals surface area contributed by atoms with Gasteiger partial charge in [-0.05, 0) is 53.1 Å². The summed E-state index contributed by atoms with van der Waals surface area (Å²) in [7, 11) is 0. The van der Waals surface area contributed by atoms with E-state index in [2.05, 4.69) is 37.9 Å². The molecule has 1 aliphatic heterocycles. The Balaban J connectivity index is 1.34. The maximum Gasteiger partial charge on any atom is 0.253 e. The number of hydrogen-bond donors (Lipinski definition) is 1. The molecular weight excluding hydrogens is 376 g/mol. The summed E-state index contributed by atoms with van der Waals surface area (Å²) in [5.41, 5.74) is 2.49. The number of halogens is 1. The summed E-state index contributed by atoms with van der Waals surface area (Å²) in [6.07, 6.45) is 3.33. The fraction of sp³-hybridized carbons (Fsp3) is 0.300. The van der Waals surface area contributed by atoms with Crippen molar-refractivity contribution in [3.8, 4) is 5.69 Å². The van der Waals surface area contributed by atoms with Crippen molar-refractivity contribution in [1.82, 2.24) is 30.4 Å². The Morgan fingerprint density at radius 2 is 1.86 bits per heavy atom. The molecule has 0 bridgehead atoms. The number of piperidine rings is 1. The number of para-hydroxylation sites is 1. The molecule has 1 fully saturated rings. The smallest absolute Gasteiger partial charge is 0.253 e. The Hall–Kier alpha value is -2.77. The van der Waals surface area contributed by atoms with Gasteiger partial charge in [-0.2, -0.15) is 4.68 Å². The van der Waals surface area contributed by atoms with Crippen LogP contribution in [0.3, 0.4) is 0 Å². The number of aromatic nitrogens is 4. The highest BCUT2D eigenvalue weighted by Gasteiger charge is 2.22. The van der Waals surface area contributed by atoms with Crippen molar-refractivity contribution in [2.45, 2.75) is 25.4 Å². The zero-order chi connectivity index (χ0) is 19.3. The van der Waals surface area contributed by atoms with Crippen molar-refractivity contribution in [3.63, 3.8) is 0 Å². The molecule has 0 atom stereocenters. The molecule has 1 aliphatic rings. The van der Waals surface area contributed by atoms with Gasteiger partial charge in [0.15, 0.2) is 0 Å². The van der Waals surface area contributed by atoms with Crippen LogP contribution in [0.1, 0.15) is 28.8 Å². The second-order valence-electron chi connectivity index (χ2n) is 6.92. The van der Waals surface area contributed by atoms with E-state index in [0.717, 1.165) is 37.5 Å². The molecule has 7 nitrogen and oxygen atoms in total. The molecule has 28 heavy (non-hydrogen) atoms. The quantitative estimate of drug-likeness (QED) is 0.717. The lowest BCUT2D eigenvalue weighted by Crippen LogP contribution is -2.44. The standard InChI is InChI=1S/C20H21ClN6O/c21-16-7-5-15(6-8-16)13-26-11-9-17(10-12-26)23-20(28)18-3-1-2-4-19(18)27-14-22-24-25-27/h1-8,14,17H,9-13H2,(H,23,28). The van der Waals surface area contributed by atoms with E-state index in [0.29, 0.717) is 11.3 Å². The van der Waals surface area contributed by atoms with Gasteiger partial charge in [-0.3, -0.25) is 9.69 Å². The molecule has 1 amide bonds. The van der Waals surface area contributed by atoms with E-state index in [1.807, 2.05) is 30.3 Å². The van der Waals surface area contributed by atoms with E-state index in [-0.39, 0.29) is 11.9 Å². The van der Waals surface area contributed by atoms with Crippen molar-refractivity contribution in [1.29, 1.82) is 0 Å². The first-order valence-electron chi connectivity index (χ1n) is 9.29. The van der Waals surface area contributed by atoms with Crippen LogP contribution in [0, 0.1) is 0 Å². The zero-order valence-electron chi connectivity index (χ0n) is 15.3. The molecule has 8 heteroatoms. The lowest BCUT2D eigenvalue weighted by Gasteiger charge is -2.32. The van der Waals surface area contributed by atoms with E-state index in [1.165, 1.54) is 16.6 Å². The first kappa shape index (κ1) is 18.6. The summed E-state index contributed by atoms with van der Waals surface area (Å²) in [5.74, 6) is -0.0951. The summed E-state index contributed by atoms with van der Waals surface area (Å²) < 4.78 is 1.50. The minimum Gasteiger partial charge on any atom is -0.349 e. The summed E-state index contributed by atoms with van der Waals surface area (Å²) in [6.45, 7) is 2.80. The van der Waals surface area contributed by atoms with E-state index in [9.17, 15) is 4.79 Å². The minimum atomic E-state index is -0.0951. The van der Waals surface area contributed by atoms with Crippen LogP contribution in [0.2, 0.25) is 5.02 Å². The van der Waals surface area contributed by atoms with Gasteiger partial charge in [0.2, 0.25) is 0 Å². The number of nitrogens with one attached hydrogen (secondary N) is 1. The highest BCUT2D eigenvalue weighted by Crippen LogP contribution is 2.18. The van der Waals surface area contributed by atoms with Crippen LogP contribution in [0.5, 0.6) is 0 Å². The third-order valence-corrected chi connectivity index (χ3v) is 5.24. The van der Waals surface area contributed by atoms with Crippen LogP contribution < -0.4 is 5.32 Å². The molecule has 2 heterocycles. The summed E-state index contributed by atoms with van der Waals surface area (Å²) in [5, 5.41) is 15.1. The molecule has 1 aromatic heterocycles. The van der Waals surface area contributed by atoms with Gasteiger partial charge in [-0.1, -0.05) is 35.9 Å². The fourth-order valence-corrected chi connectivity index (χ4v) is 3.61. The van der Waals surface area contributed by atoms with Crippen LogP contribution in [0.15, 0.2) is 54.9 Å². The van der Waals surface area contributed by atoms with Crippen molar-refractivity contribution >= 4 is 17.5 Å². The maximum absolute atomic E-state index is 12.8. The van der Waals surface area contributed by atoms with Gasteiger partial charge in [0.25, 0.3) is 5.91 Å². The number of benzene rings is 2. The van der Waals surface area contributed by atoms with Crippen LogP contribution in [0.4, 0.5) is 0 Å². The van der Waals surface area contributed by atoms with Crippen molar-refractivity contribution < 1.29 is 4.79 Å². The fourth-order valence-electron chi connectivity index (χ4n) is 3.48. The monoisotopic (exact) mass is 396 g/mol. The lowest BCUT2D eigenvalue weighted by molar-refractivity contribution is 0.0909. The number of carbonyl (C=O) groups excluding carboxylic acids is 1. The number of carbonyl (C=O) groups is 1. The maximum atomic E-state index is 12.8. The molecule has 0 spiro atoms. The lowest BCUT2D eigenvalue weighted by atomic mass is 10.0. The Morgan fingerprint density at radius 1 is 1.11 bits per heavy atom. The largest absolute Gasteiger partial charge is 0.349 e. The second kappa shape index (κ2) is 8.50. The Kier molecular flexibility index (Phi) is 5.64. The van der Waals surface area contributed by atoms with Crippen molar-refractivity contribution in [3.05, 3.63) is 71.0 Å². The average Bonchev–Trinajstić information content (AvgIpc) is 3.26. The SMILES string of the molecule is O=C(NC1CCN(Cc2ccc(Cl)cc2)CC1)c1ccccc1-n1cnnn1. The zero-order valence-corrected chi connectivity index (χ0v) is 16.1. The highest BCUT2D eigenvalue weighted by molar-refractivity contribution is 6.30. The van der Waals surface area contributed by atoms with Gasteiger partial charge in [0.1, 0.15) is 6.33 Å². The summed E-state index contributed by atoms with van der Waals surface area (Å²) in [6, 6.07) is 15.5. The van der Waals surface area contributed by atoms with Gasteiger partial charge in [-0.15, -0.1) is 5.10 Å². The number of likely N-dealkylation sites (tertiary alicyclic amines) is 1. The average molecular weight is 397 g/mol. The van der Waals surface area contributed by atoms with Gasteiger partial charge in [0, 0.05) is 30.7 Å². The van der Waals surface area contributed by atoms with Gasteiger partial charge >= 0.3 is 0 Å². The number of amides is 1. The van der Waals surface area contributed by atoms with E-state index < -0.39 is 0 Å². The molecule has 144 valence electrons. The van der Waals surface area contributed by atoms with Crippen LogP contribution in [-0.4, -0.2) is 50.1 Å².